The van der Waals surface area contributed by atoms with Crippen LogP contribution in [0.5, 0.6) is 0 Å². The number of ether oxygens (including phenoxy) is 1. The fraction of sp³-hybridized carbons (Fsp3) is 0.357. The molecule has 0 atom stereocenters. The first kappa shape index (κ1) is 14.8. The number of esters is 1. The zero-order chi connectivity index (χ0) is 15.2. The van der Waals surface area contributed by atoms with E-state index in [9.17, 15) is 9.59 Å². The molecule has 0 unspecified atom stereocenters. The van der Waals surface area contributed by atoms with Gasteiger partial charge in [-0.1, -0.05) is 0 Å². The molecule has 2 rings (SSSR count). The van der Waals surface area contributed by atoms with E-state index in [1.54, 1.807) is 29.9 Å². The van der Waals surface area contributed by atoms with Crippen LogP contribution >= 0.6 is 0 Å². The molecule has 1 amide bonds. The van der Waals surface area contributed by atoms with Crippen molar-refractivity contribution < 1.29 is 18.7 Å². The quantitative estimate of drug-likeness (QED) is 0.821. The second kappa shape index (κ2) is 6.74. The minimum atomic E-state index is -0.509. The molecule has 0 saturated carbocycles. The summed E-state index contributed by atoms with van der Waals surface area (Å²) in [6.45, 7) is 4.45. The van der Waals surface area contributed by atoms with Gasteiger partial charge in [0.15, 0.2) is 5.82 Å². The van der Waals surface area contributed by atoms with Crippen molar-refractivity contribution in [3.63, 3.8) is 0 Å². The van der Waals surface area contributed by atoms with Crippen LogP contribution in [-0.2, 0) is 22.5 Å². The van der Waals surface area contributed by atoms with E-state index in [0.717, 1.165) is 0 Å². The third-order valence-electron chi connectivity index (χ3n) is 2.75. The minimum absolute atomic E-state index is 0.0776. The number of aromatic nitrogens is 2. The molecule has 7 nitrogen and oxygen atoms in total. The first-order valence-corrected chi connectivity index (χ1v) is 6.70. The number of carbonyl (C=O) groups is 2. The molecule has 0 aromatic carbocycles. The number of amides is 1. The Balaban J connectivity index is 2.12. The molecule has 112 valence electrons. The number of hydrogen-bond acceptors (Lipinski definition) is 5. The summed E-state index contributed by atoms with van der Waals surface area (Å²) in [4.78, 5) is 23.8. The molecule has 0 fully saturated rings. The van der Waals surface area contributed by atoms with E-state index in [-0.39, 0.29) is 30.3 Å². The smallest absolute Gasteiger partial charge is 0.343 e. The summed E-state index contributed by atoms with van der Waals surface area (Å²) < 4.78 is 11.6. The van der Waals surface area contributed by atoms with Crippen molar-refractivity contribution in [3.05, 3.63) is 35.9 Å². The van der Waals surface area contributed by atoms with Gasteiger partial charge in [-0.15, -0.1) is 0 Å². The van der Waals surface area contributed by atoms with E-state index < -0.39 is 5.97 Å². The van der Waals surface area contributed by atoms with E-state index in [1.165, 1.54) is 6.26 Å². The average Bonchev–Trinajstić information content (AvgIpc) is 3.08. The maximum Gasteiger partial charge on any atom is 0.343 e. The largest absolute Gasteiger partial charge is 0.469 e. The molecule has 0 aliphatic rings. The van der Waals surface area contributed by atoms with Gasteiger partial charge in [-0.05, 0) is 26.0 Å². The zero-order valence-corrected chi connectivity index (χ0v) is 12.0. The van der Waals surface area contributed by atoms with Crippen molar-refractivity contribution in [1.29, 1.82) is 0 Å². The second-order valence-corrected chi connectivity index (χ2v) is 4.27. The summed E-state index contributed by atoms with van der Waals surface area (Å²) >= 11 is 0. The summed E-state index contributed by atoms with van der Waals surface area (Å²) in [7, 11) is 0. The van der Waals surface area contributed by atoms with E-state index in [4.69, 9.17) is 9.15 Å². The summed E-state index contributed by atoms with van der Waals surface area (Å²) in [5.74, 6) is -0.0747. The molecule has 0 bridgehead atoms. The SMILES string of the molecule is CCOC(=O)c1cn(CC)nc1NC(=O)Cc1ccco1. The highest BCUT2D eigenvalue weighted by atomic mass is 16.5. The molecule has 21 heavy (non-hydrogen) atoms. The third kappa shape index (κ3) is 3.71. The number of nitrogens with one attached hydrogen (secondary N) is 1. The number of nitrogens with zero attached hydrogens (tertiary/aromatic N) is 2. The summed E-state index contributed by atoms with van der Waals surface area (Å²) in [6, 6.07) is 3.41. The number of hydrogen-bond donors (Lipinski definition) is 1. The summed E-state index contributed by atoms with van der Waals surface area (Å²) in [6.07, 6.45) is 3.13. The molecule has 0 radical (unpaired) electrons. The van der Waals surface area contributed by atoms with E-state index in [1.807, 2.05) is 6.92 Å². The van der Waals surface area contributed by atoms with Crippen LogP contribution in [0.15, 0.2) is 29.0 Å². The number of aryl methyl sites for hydroxylation is 1. The van der Waals surface area contributed by atoms with Crippen molar-refractivity contribution >= 4 is 17.7 Å². The van der Waals surface area contributed by atoms with Crippen molar-refractivity contribution in [2.75, 3.05) is 11.9 Å². The molecule has 7 heteroatoms. The van der Waals surface area contributed by atoms with Gasteiger partial charge in [0.2, 0.25) is 5.91 Å². The first-order valence-electron chi connectivity index (χ1n) is 6.70. The molecule has 1 N–H and O–H groups in total. The van der Waals surface area contributed by atoms with Gasteiger partial charge < -0.3 is 14.5 Å². The number of furan rings is 1. The summed E-state index contributed by atoms with van der Waals surface area (Å²) in [5, 5.41) is 6.77. The summed E-state index contributed by atoms with van der Waals surface area (Å²) in [5.41, 5.74) is 0.242. The molecule has 2 aromatic rings. The lowest BCUT2D eigenvalue weighted by Crippen LogP contribution is -2.17. The number of carbonyl (C=O) groups excluding carboxylic acids is 2. The highest BCUT2D eigenvalue weighted by molar-refractivity contribution is 6.00. The van der Waals surface area contributed by atoms with E-state index >= 15 is 0 Å². The van der Waals surface area contributed by atoms with Crippen LogP contribution in [0.1, 0.15) is 30.0 Å². The van der Waals surface area contributed by atoms with Crippen LogP contribution in [0.3, 0.4) is 0 Å². The maximum atomic E-state index is 11.9. The van der Waals surface area contributed by atoms with Crippen LogP contribution in [-0.4, -0.2) is 28.3 Å². The van der Waals surface area contributed by atoms with Gasteiger partial charge >= 0.3 is 5.97 Å². The van der Waals surface area contributed by atoms with Gasteiger partial charge in [-0.25, -0.2) is 4.79 Å². The molecule has 0 aliphatic heterocycles. The zero-order valence-electron chi connectivity index (χ0n) is 12.0. The molecule has 2 heterocycles. The highest BCUT2D eigenvalue weighted by Crippen LogP contribution is 2.15. The maximum absolute atomic E-state index is 11.9. The molecule has 0 aliphatic carbocycles. The van der Waals surface area contributed by atoms with Gasteiger partial charge in [-0.3, -0.25) is 9.48 Å². The predicted molar refractivity (Wildman–Crippen MR) is 74.9 cm³/mol. The first-order chi connectivity index (χ1) is 10.1. The van der Waals surface area contributed by atoms with Crippen molar-refractivity contribution in [2.24, 2.45) is 0 Å². The van der Waals surface area contributed by atoms with Crippen LogP contribution < -0.4 is 5.32 Å². The second-order valence-electron chi connectivity index (χ2n) is 4.27. The van der Waals surface area contributed by atoms with Gasteiger partial charge in [0, 0.05) is 12.7 Å². The van der Waals surface area contributed by atoms with Crippen molar-refractivity contribution in [1.82, 2.24) is 9.78 Å². The molecular weight excluding hydrogens is 274 g/mol. The van der Waals surface area contributed by atoms with Gasteiger partial charge in [0.05, 0.1) is 19.3 Å². The van der Waals surface area contributed by atoms with Crippen LogP contribution in [0.25, 0.3) is 0 Å². The monoisotopic (exact) mass is 291 g/mol. The fourth-order valence-corrected chi connectivity index (χ4v) is 1.78. The lowest BCUT2D eigenvalue weighted by molar-refractivity contribution is -0.115. The predicted octanol–water partition coefficient (Wildman–Crippen LogP) is 1.85. The van der Waals surface area contributed by atoms with Crippen LogP contribution in [0.2, 0.25) is 0 Å². The van der Waals surface area contributed by atoms with Crippen molar-refractivity contribution in [3.8, 4) is 0 Å². The molecule has 2 aromatic heterocycles. The van der Waals surface area contributed by atoms with Gasteiger partial charge in [0.1, 0.15) is 11.3 Å². The lowest BCUT2D eigenvalue weighted by atomic mass is 10.3. The molecule has 0 spiro atoms. The Kier molecular flexibility index (Phi) is 4.76. The van der Waals surface area contributed by atoms with Crippen LogP contribution in [0.4, 0.5) is 5.82 Å². The Morgan fingerprint density at radius 2 is 2.24 bits per heavy atom. The third-order valence-corrected chi connectivity index (χ3v) is 2.75. The van der Waals surface area contributed by atoms with Gasteiger partial charge in [-0.2, -0.15) is 5.10 Å². The topological polar surface area (TPSA) is 86.4 Å². The Labute approximate surface area is 121 Å². The lowest BCUT2D eigenvalue weighted by Gasteiger charge is -2.03. The molecular formula is C14H17N3O4. The van der Waals surface area contributed by atoms with E-state index in [2.05, 4.69) is 10.4 Å². The molecule has 0 saturated heterocycles. The van der Waals surface area contributed by atoms with Crippen molar-refractivity contribution in [2.45, 2.75) is 26.8 Å². The number of anilines is 1. The fourth-order valence-electron chi connectivity index (χ4n) is 1.78. The Morgan fingerprint density at radius 3 is 2.86 bits per heavy atom. The standard InChI is InChI=1S/C14H17N3O4/c1-3-17-9-11(14(19)20-4-2)13(16-17)15-12(18)8-10-6-5-7-21-10/h5-7,9H,3-4,8H2,1-2H3,(H,15,16,18). The Hall–Kier alpha value is -2.57. The number of rotatable bonds is 6. The Bertz CT molecular complexity index is 616. The van der Waals surface area contributed by atoms with Crippen LogP contribution in [0, 0.1) is 0 Å². The van der Waals surface area contributed by atoms with E-state index in [0.29, 0.717) is 12.3 Å². The van der Waals surface area contributed by atoms with Gasteiger partial charge in [0.25, 0.3) is 0 Å². The normalized spacial score (nSPS) is 10.4. The average molecular weight is 291 g/mol. The highest BCUT2D eigenvalue weighted by Gasteiger charge is 2.19. The minimum Gasteiger partial charge on any atom is -0.469 e. The Morgan fingerprint density at radius 1 is 1.43 bits per heavy atom.